The summed E-state index contributed by atoms with van der Waals surface area (Å²) in [5.41, 5.74) is 0. The molecule has 4 nitrogen and oxygen atoms in total. The second-order valence-corrected chi connectivity index (χ2v) is 5.38. The Kier molecular flexibility index (Phi) is 4.42. The maximum atomic E-state index is 13.4. The zero-order valence-corrected chi connectivity index (χ0v) is 11.0. The molecule has 0 aliphatic heterocycles. The van der Waals surface area contributed by atoms with E-state index in [9.17, 15) is 14.0 Å². The highest BCUT2D eigenvalue weighted by Gasteiger charge is 2.33. The Morgan fingerprint density at radius 3 is 2.63 bits per heavy atom. The van der Waals surface area contributed by atoms with Gasteiger partial charge >= 0.3 is 5.97 Å². The molecular formula is C13H14FNO3S. The number of thioether (sulfide) groups is 1. The zero-order chi connectivity index (χ0) is 13.8. The van der Waals surface area contributed by atoms with E-state index in [-0.39, 0.29) is 30.1 Å². The first-order chi connectivity index (χ1) is 9.08. The van der Waals surface area contributed by atoms with Gasteiger partial charge in [0.05, 0.1) is 5.75 Å². The number of carboxylic acid groups (broad SMARTS) is 1. The van der Waals surface area contributed by atoms with Crippen LogP contribution in [0.1, 0.15) is 12.8 Å². The van der Waals surface area contributed by atoms with Crippen LogP contribution in [0.4, 0.5) is 4.39 Å². The molecule has 1 aliphatic carbocycles. The number of nitrogens with zero attached hydrogens (tertiary/aromatic N) is 1. The number of carboxylic acids is 1. The second-order valence-electron chi connectivity index (χ2n) is 4.37. The summed E-state index contributed by atoms with van der Waals surface area (Å²) in [5, 5.41) is 8.78. The lowest BCUT2D eigenvalue weighted by atomic mass is 10.3. The van der Waals surface area contributed by atoms with Crippen molar-refractivity contribution in [1.82, 2.24) is 4.90 Å². The van der Waals surface area contributed by atoms with E-state index in [0.29, 0.717) is 4.90 Å². The first-order valence-electron chi connectivity index (χ1n) is 5.96. The van der Waals surface area contributed by atoms with Gasteiger partial charge < -0.3 is 10.0 Å². The molecule has 102 valence electrons. The largest absolute Gasteiger partial charge is 0.480 e. The Morgan fingerprint density at radius 1 is 1.37 bits per heavy atom. The highest BCUT2D eigenvalue weighted by atomic mass is 32.2. The normalized spacial score (nSPS) is 14.2. The van der Waals surface area contributed by atoms with E-state index in [1.54, 1.807) is 18.2 Å². The summed E-state index contributed by atoms with van der Waals surface area (Å²) in [6.07, 6.45) is 1.70. The number of carbonyl (C=O) groups is 2. The van der Waals surface area contributed by atoms with E-state index >= 15 is 0 Å². The fourth-order valence-corrected chi connectivity index (χ4v) is 2.56. The van der Waals surface area contributed by atoms with Crippen LogP contribution in [0.2, 0.25) is 0 Å². The van der Waals surface area contributed by atoms with Crippen molar-refractivity contribution in [3.63, 3.8) is 0 Å². The van der Waals surface area contributed by atoms with Gasteiger partial charge in [-0.05, 0) is 25.0 Å². The van der Waals surface area contributed by atoms with Gasteiger partial charge in [0.2, 0.25) is 5.91 Å². The van der Waals surface area contributed by atoms with E-state index in [1.165, 1.54) is 11.0 Å². The summed E-state index contributed by atoms with van der Waals surface area (Å²) in [5.74, 6) is -1.57. The van der Waals surface area contributed by atoms with Crippen molar-refractivity contribution in [2.45, 2.75) is 23.8 Å². The van der Waals surface area contributed by atoms with Crippen LogP contribution in [0.25, 0.3) is 0 Å². The maximum absolute atomic E-state index is 13.4. The monoisotopic (exact) mass is 283 g/mol. The number of rotatable bonds is 6. The molecular weight excluding hydrogens is 269 g/mol. The molecule has 1 N–H and O–H groups in total. The third kappa shape index (κ3) is 3.96. The summed E-state index contributed by atoms with van der Waals surface area (Å²) in [6.45, 7) is -0.276. The van der Waals surface area contributed by atoms with Crippen LogP contribution in [-0.4, -0.2) is 40.2 Å². The molecule has 0 unspecified atom stereocenters. The van der Waals surface area contributed by atoms with Crippen LogP contribution in [-0.2, 0) is 9.59 Å². The summed E-state index contributed by atoms with van der Waals surface area (Å²) < 4.78 is 13.4. The Labute approximate surface area is 114 Å². The lowest BCUT2D eigenvalue weighted by Crippen LogP contribution is -2.38. The molecule has 0 bridgehead atoms. The number of hydrogen-bond donors (Lipinski definition) is 1. The summed E-state index contributed by atoms with van der Waals surface area (Å²) in [4.78, 5) is 24.5. The number of carbonyl (C=O) groups excluding carboxylic acids is 1. The predicted molar refractivity (Wildman–Crippen MR) is 69.5 cm³/mol. The maximum Gasteiger partial charge on any atom is 0.323 e. The lowest BCUT2D eigenvalue weighted by Gasteiger charge is -2.19. The number of amides is 1. The molecule has 6 heteroatoms. The molecule has 19 heavy (non-hydrogen) atoms. The highest BCUT2D eigenvalue weighted by molar-refractivity contribution is 8.00. The predicted octanol–water partition coefficient (Wildman–Crippen LogP) is 1.99. The van der Waals surface area contributed by atoms with Crippen LogP contribution in [0.3, 0.4) is 0 Å². The molecule has 0 aromatic heterocycles. The van der Waals surface area contributed by atoms with Crippen molar-refractivity contribution in [3.8, 4) is 0 Å². The standard InChI is InChI=1S/C13H14FNO3S/c14-10-3-1-2-4-11(10)19-8-12(16)15(7-13(17)18)9-5-6-9/h1-4,9H,5-8H2,(H,17,18). The molecule has 2 rings (SSSR count). The van der Waals surface area contributed by atoms with Gasteiger partial charge in [-0.15, -0.1) is 11.8 Å². The Bertz CT molecular complexity index is 491. The molecule has 0 heterocycles. The second kappa shape index (κ2) is 6.06. The molecule has 1 aromatic rings. The van der Waals surface area contributed by atoms with E-state index in [2.05, 4.69) is 0 Å². The first kappa shape index (κ1) is 13.9. The van der Waals surface area contributed by atoms with Gasteiger partial charge in [0.1, 0.15) is 12.4 Å². The van der Waals surface area contributed by atoms with Gasteiger partial charge in [0, 0.05) is 10.9 Å². The molecule has 0 spiro atoms. The molecule has 1 fully saturated rings. The van der Waals surface area contributed by atoms with Gasteiger partial charge in [-0.3, -0.25) is 9.59 Å². The Morgan fingerprint density at radius 2 is 2.05 bits per heavy atom. The van der Waals surface area contributed by atoms with Gasteiger partial charge in [-0.2, -0.15) is 0 Å². The van der Waals surface area contributed by atoms with Crippen LogP contribution in [0.15, 0.2) is 29.2 Å². The SMILES string of the molecule is O=C(O)CN(C(=O)CSc1ccccc1F)C1CC1. The van der Waals surface area contributed by atoms with Gasteiger partial charge in [0.15, 0.2) is 0 Å². The average molecular weight is 283 g/mol. The van der Waals surface area contributed by atoms with Crippen molar-refractivity contribution in [1.29, 1.82) is 0 Å². The van der Waals surface area contributed by atoms with E-state index in [1.807, 2.05) is 0 Å². The summed E-state index contributed by atoms with van der Waals surface area (Å²) >= 11 is 1.10. The zero-order valence-electron chi connectivity index (χ0n) is 10.2. The fraction of sp³-hybridized carbons (Fsp3) is 0.385. The van der Waals surface area contributed by atoms with E-state index < -0.39 is 5.97 Å². The quantitative estimate of drug-likeness (QED) is 0.811. The number of benzene rings is 1. The number of halogens is 1. The molecule has 1 aliphatic rings. The topological polar surface area (TPSA) is 57.6 Å². The minimum Gasteiger partial charge on any atom is -0.480 e. The van der Waals surface area contributed by atoms with Crippen LogP contribution >= 0.6 is 11.8 Å². The van der Waals surface area contributed by atoms with Gasteiger partial charge in [-0.25, -0.2) is 4.39 Å². The molecule has 0 radical (unpaired) electrons. The minimum atomic E-state index is -1.02. The van der Waals surface area contributed by atoms with Crippen molar-refractivity contribution >= 4 is 23.6 Å². The van der Waals surface area contributed by atoms with E-state index in [0.717, 1.165) is 24.6 Å². The van der Waals surface area contributed by atoms with Crippen LogP contribution in [0, 0.1) is 5.82 Å². The van der Waals surface area contributed by atoms with Crippen molar-refractivity contribution in [2.24, 2.45) is 0 Å². The summed E-state index contributed by atoms with van der Waals surface area (Å²) in [7, 11) is 0. The van der Waals surface area contributed by atoms with Crippen molar-refractivity contribution in [2.75, 3.05) is 12.3 Å². The van der Waals surface area contributed by atoms with Crippen molar-refractivity contribution in [3.05, 3.63) is 30.1 Å². The average Bonchev–Trinajstić information content (AvgIpc) is 3.18. The molecule has 0 atom stereocenters. The first-order valence-corrected chi connectivity index (χ1v) is 6.95. The fourth-order valence-electron chi connectivity index (χ4n) is 1.74. The smallest absolute Gasteiger partial charge is 0.323 e. The summed E-state index contributed by atoms with van der Waals surface area (Å²) in [6, 6.07) is 6.27. The van der Waals surface area contributed by atoms with Gasteiger partial charge in [0.25, 0.3) is 0 Å². The third-order valence-electron chi connectivity index (χ3n) is 2.80. The third-order valence-corrected chi connectivity index (χ3v) is 3.83. The highest BCUT2D eigenvalue weighted by Crippen LogP contribution is 2.28. The molecule has 1 amide bonds. The molecule has 1 aromatic carbocycles. The van der Waals surface area contributed by atoms with E-state index in [4.69, 9.17) is 5.11 Å². The molecule has 0 saturated heterocycles. The van der Waals surface area contributed by atoms with Crippen LogP contribution < -0.4 is 0 Å². The number of aliphatic carboxylic acids is 1. The Balaban J connectivity index is 1.92. The van der Waals surface area contributed by atoms with Crippen LogP contribution in [0.5, 0.6) is 0 Å². The van der Waals surface area contributed by atoms with Crippen molar-refractivity contribution < 1.29 is 19.1 Å². The Hall–Kier alpha value is -1.56. The number of hydrogen-bond acceptors (Lipinski definition) is 3. The lowest BCUT2D eigenvalue weighted by molar-refractivity contribution is -0.143. The minimum absolute atomic E-state index is 0.0461. The molecule has 1 saturated carbocycles. The van der Waals surface area contributed by atoms with Gasteiger partial charge in [-0.1, -0.05) is 12.1 Å².